The third-order valence-electron chi connectivity index (χ3n) is 7.15. The highest BCUT2D eigenvalue weighted by atomic mass is 32.2. The Hall–Kier alpha value is -3.77. The van der Waals surface area contributed by atoms with Crippen LogP contribution in [0.2, 0.25) is 0 Å². The van der Waals surface area contributed by atoms with Crippen molar-refractivity contribution in [2.75, 3.05) is 35.1 Å². The van der Waals surface area contributed by atoms with E-state index in [0.29, 0.717) is 28.8 Å². The zero-order valence-electron chi connectivity index (χ0n) is 22.9. The molecule has 0 aliphatic carbocycles. The number of nitrogens with one attached hydrogen (secondary N) is 3. The Morgan fingerprint density at radius 2 is 1.75 bits per heavy atom. The fourth-order valence-corrected chi connectivity index (χ4v) is 5.36. The first-order chi connectivity index (χ1) is 18.9. The van der Waals surface area contributed by atoms with Crippen molar-refractivity contribution in [1.29, 1.82) is 0 Å². The van der Waals surface area contributed by atoms with Crippen LogP contribution in [0.5, 0.6) is 0 Å². The summed E-state index contributed by atoms with van der Waals surface area (Å²) in [6.07, 6.45) is 5.29. The highest BCUT2D eigenvalue weighted by Crippen LogP contribution is 2.29. The molecule has 2 aromatic heterocycles. The summed E-state index contributed by atoms with van der Waals surface area (Å²) in [5.74, 6) is -0.763. The van der Waals surface area contributed by atoms with Crippen molar-refractivity contribution in [2.24, 2.45) is 0 Å². The second-order valence-corrected chi connectivity index (χ2v) is 13.3. The number of halogens is 2. The first-order valence-electron chi connectivity index (χ1n) is 13.1. The van der Waals surface area contributed by atoms with E-state index in [4.69, 9.17) is 0 Å². The molecule has 1 saturated heterocycles. The SMILES string of the molecule is CNC1CCN(c2ccc(Nc3ncc4ccn(-c5ccc(F)c(NS(=O)(=O)C(C)(C)C)c5)c4n3)cc2F)CC1. The van der Waals surface area contributed by atoms with Gasteiger partial charge in [0.1, 0.15) is 17.3 Å². The van der Waals surface area contributed by atoms with Crippen LogP contribution in [0.15, 0.2) is 54.9 Å². The van der Waals surface area contributed by atoms with Crippen LogP contribution in [-0.4, -0.2) is 53.9 Å². The van der Waals surface area contributed by atoms with Gasteiger partial charge in [-0.05, 0) is 83.1 Å². The van der Waals surface area contributed by atoms with Crippen molar-refractivity contribution < 1.29 is 17.2 Å². The van der Waals surface area contributed by atoms with Crippen molar-refractivity contribution in [3.05, 3.63) is 66.5 Å². The molecule has 0 amide bonds. The molecule has 212 valence electrons. The van der Waals surface area contributed by atoms with Gasteiger partial charge in [0.05, 0.1) is 16.1 Å². The summed E-state index contributed by atoms with van der Waals surface area (Å²) in [4.78, 5) is 11.0. The number of hydrogen-bond acceptors (Lipinski definition) is 7. The average molecular weight is 570 g/mol. The summed E-state index contributed by atoms with van der Waals surface area (Å²) < 4.78 is 57.8. The van der Waals surface area contributed by atoms with E-state index in [1.54, 1.807) is 35.2 Å². The summed E-state index contributed by atoms with van der Waals surface area (Å²) in [6, 6.07) is 11.4. The van der Waals surface area contributed by atoms with E-state index in [-0.39, 0.29) is 17.5 Å². The Morgan fingerprint density at radius 3 is 2.42 bits per heavy atom. The predicted octanol–water partition coefficient (Wildman–Crippen LogP) is 5.17. The standard InChI is InChI=1S/C28H33F2N7O2S/c1-28(2,3)40(38,39)35-24-16-21(6-7-22(24)29)37-14-9-18-17-32-27(34-26(18)37)33-20-5-8-25(23(30)15-20)36-12-10-19(31-4)11-13-36/h5-9,14-17,19,31,35H,10-13H2,1-4H3,(H,32,33,34). The minimum absolute atomic E-state index is 0.160. The zero-order chi connectivity index (χ0) is 28.7. The van der Waals surface area contributed by atoms with Gasteiger partial charge in [0.2, 0.25) is 16.0 Å². The van der Waals surface area contributed by atoms with Gasteiger partial charge in [-0.15, -0.1) is 0 Å². The van der Waals surface area contributed by atoms with Gasteiger partial charge in [-0.25, -0.2) is 22.2 Å². The smallest absolute Gasteiger partial charge is 0.237 e. The fourth-order valence-electron chi connectivity index (χ4n) is 4.61. The van der Waals surface area contributed by atoms with E-state index in [2.05, 4.69) is 30.2 Å². The van der Waals surface area contributed by atoms with Crippen LogP contribution >= 0.6 is 0 Å². The van der Waals surface area contributed by atoms with E-state index >= 15 is 4.39 Å². The van der Waals surface area contributed by atoms with E-state index in [0.717, 1.165) is 31.3 Å². The molecule has 3 N–H and O–H groups in total. The number of benzene rings is 2. The molecule has 0 atom stereocenters. The van der Waals surface area contributed by atoms with Crippen LogP contribution in [-0.2, 0) is 10.0 Å². The van der Waals surface area contributed by atoms with Crippen LogP contribution in [0.1, 0.15) is 33.6 Å². The van der Waals surface area contributed by atoms with Crippen LogP contribution in [0.25, 0.3) is 16.7 Å². The minimum Gasteiger partial charge on any atom is -0.369 e. The molecule has 3 heterocycles. The number of piperidine rings is 1. The molecule has 2 aromatic carbocycles. The van der Waals surface area contributed by atoms with Crippen molar-refractivity contribution >= 4 is 44.1 Å². The molecule has 1 aliphatic heterocycles. The predicted molar refractivity (Wildman–Crippen MR) is 155 cm³/mol. The lowest BCUT2D eigenvalue weighted by Crippen LogP contribution is -2.41. The van der Waals surface area contributed by atoms with Crippen LogP contribution < -0.4 is 20.3 Å². The van der Waals surface area contributed by atoms with Crippen LogP contribution in [0, 0.1) is 11.6 Å². The maximum absolute atomic E-state index is 15.0. The van der Waals surface area contributed by atoms with Gasteiger partial charge in [0, 0.05) is 48.3 Å². The Bertz CT molecular complexity index is 1640. The highest BCUT2D eigenvalue weighted by Gasteiger charge is 2.30. The number of rotatable bonds is 7. The largest absolute Gasteiger partial charge is 0.369 e. The molecule has 40 heavy (non-hydrogen) atoms. The Morgan fingerprint density at radius 1 is 1.00 bits per heavy atom. The van der Waals surface area contributed by atoms with Gasteiger partial charge in [0.15, 0.2) is 0 Å². The molecule has 0 bridgehead atoms. The first-order valence-corrected chi connectivity index (χ1v) is 14.6. The van der Waals surface area contributed by atoms with Gasteiger partial charge < -0.3 is 20.1 Å². The third kappa shape index (κ3) is 5.59. The number of sulfonamides is 1. The topological polar surface area (TPSA) is 104 Å². The number of fused-ring (bicyclic) bond motifs is 1. The maximum Gasteiger partial charge on any atom is 0.237 e. The third-order valence-corrected chi connectivity index (χ3v) is 9.25. The Labute approximate surface area is 232 Å². The van der Waals surface area contributed by atoms with Crippen LogP contribution in [0.4, 0.5) is 31.8 Å². The second kappa shape index (κ2) is 10.7. The lowest BCUT2D eigenvalue weighted by Gasteiger charge is -2.33. The minimum atomic E-state index is -3.83. The molecule has 0 radical (unpaired) electrons. The molecule has 1 fully saturated rings. The number of anilines is 4. The molecule has 5 rings (SSSR count). The van der Waals surface area contributed by atoms with Crippen LogP contribution in [0.3, 0.4) is 0 Å². The zero-order valence-corrected chi connectivity index (χ0v) is 23.7. The Balaban J connectivity index is 1.39. The van der Waals surface area contributed by atoms with Crippen molar-refractivity contribution in [3.8, 4) is 5.69 Å². The lowest BCUT2D eigenvalue weighted by atomic mass is 10.0. The number of nitrogens with zero attached hydrogens (tertiary/aromatic N) is 4. The molecular weight excluding hydrogens is 536 g/mol. The van der Waals surface area contributed by atoms with Gasteiger partial charge in [-0.3, -0.25) is 4.72 Å². The van der Waals surface area contributed by atoms with Crippen molar-refractivity contribution in [3.63, 3.8) is 0 Å². The monoisotopic (exact) mass is 569 g/mol. The molecule has 0 saturated carbocycles. The summed E-state index contributed by atoms with van der Waals surface area (Å²) in [6.45, 7) is 6.18. The van der Waals surface area contributed by atoms with E-state index < -0.39 is 20.6 Å². The highest BCUT2D eigenvalue weighted by molar-refractivity contribution is 7.94. The molecule has 9 nitrogen and oxygen atoms in total. The van der Waals surface area contributed by atoms with Gasteiger partial charge in [-0.2, -0.15) is 4.98 Å². The summed E-state index contributed by atoms with van der Waals surface area (Å²) >= 11 is 0. The van der Waals surface area contributed by atoms with Gasteiger partial charge in [-0.1, -0.05) is 0 Å². The summed E-state index contributed by atoms with van der Waals surface area (Å²) in [7, 11) is -1.88. The number of aromatic nitrogens is 3. The molecule has 0 spiro atoms. The summed E-state index contributed by atoms with van der Waals surface area (Å²) in [5.41, 5.74) is 1.93. The van der Waals surface area contributed by atoms with Crippen molar-refractivity contribution in [1.82, 2.24) is 19.9 Å². The number of hydrogen-bond donors (Lipinski definition) is 3. The average Bonchev–Trinajstić information content (AvgIpc) is 3.33. The first kappa shape index (κ1) is 27.8. The molecule has 4 aromatic rings. The second-order valence-electron chi connectivity index (χ2n) is 10.9. The van der Waals surface area contributed by atoms with E-state index in [1.165, 1.54) is 45.0 Å². The normalized spacial score (nSPS) is 15.0. The molecular formula is C28H33F2N7O2S. The lowest BCUT2D eigenvalue weighted by molar-refractivity contribution is 0.439. The molecule has 1 aliphatic rings. The molecule has 0 unspecified atom stereocenters. The quantitative estimate of drug-likeness (QED) is 0.282. The summed E-state index contributed by atoms with van der Waals surface area (Å²) in [5, 5.41) is 7.07. The van der Waals surface area contributed by atoms with E-state index in [1.807, 2.05) is 7.05 Å². The maximum atomic E-state index is 15.0. The molecule has 12 heteroatoms. The van der Waals surface area contributed by atoms with Crippen molar-refractivity contribution in [2.45, 2.75) is 44.4 Å². The van der Waals surface area contributed by atoms with Gasteiger partial charge >= 0.3 is 0 Å². The van der Waals surface area contributed by atoms with Gasteiger partial charge in [0.25, 0.3) is 0 Å². The van der Waals surface area contributed by atoms with E-state index in [9.17, 15) is 12.8 Å². The Kier molecular flexibility index (Phi) is 7.40. The fraction of sp³-hybridized carbons (Fsp3) is 0.357.